The predicted molar refractivity (Wildman–Crippen MR) is 82.1 cm³/mol. The smallest absolute Gasteiger partial charge is 0.134 e. The van der Waals surface area contributed by atoms with Gasteiger partial charge in [-0.3, -0.25) is 5.84 Å². The van der Waals surface area contributed by atoms with Crippen molar-refractivity contribution < 1.29 is 4.42 Å². The maximum Gasteiger partial charge on any atom is 0.134 e. The van der Waals surface area contributed by atoms with Gasteiger partial charge in [-0.05, 0) is 41.9 Å². The summed E-state index contributed by atoms with van der Waals surface area (Å²) in [5, 5.41) is 1.15. The van der Waals surface area contributed by atoms with E-state index in [1.807, 2.05) is 6.07 Å². The second-order valence-corrected chi connectivity index (χ2v) is 7.26. The van der Waals surface area contributed by atoms with Crippen molar-refractivity contribution in [2.75, 3.05) is 0 Å². The predicted octanol–water partition coefficient (Wildman–Crippen LogP) is 3.93. The molecule has 0 saturated heterocycles. The fraction of sp³-hybridized carbons (Fsp3) is 0.529. The van der Waals surface area contributed by atoms with Crippen molar-refractivity contribution in [1.82, 2.24) is 5.43 Å². The molecule has 0 bridgehead atoms. The number of hydrazine groups is 1. The Bertz CT molecular complexity index is 640. The van der Waals surface area contributed by atoms with Gasteiger partial charge in [-0.2, -0.15) is 0 Å². The van der Waals surface area contributed by atoms with Crippen molar-refractivity contribution in [1.29, 1.82) is 0 Å². The third-order valence-corrected chi connectivity index (χ3v) is 5.64. The highest BCUT2D eigenvalue weighted by Crippen LogP contribution is 2.72. The summed E-state index contributed by atoms with van der Waals surface area (Å²) in [4.78, 5) is 0. The molecule has 3 N–H and O–H groups in total. The number of fused-ring (bicyclic) bond motifs is 1. The van der Waals surface area contributed by atoms with Gasteiger partial charge in [0.15, 0.2) is 0 Å². The Labute approximate surface area is 120 Å². The zero-order valence-electron chi connectivity index (χ0n) is 12.9. The van der Waals surface area contributed by atoms with Gasteiger partial charge >= 0.3 is 0 Å². The monoisotopic (exact) mass is 272 g/mol. The lowest BCUT2D eigenvalue weighted by atomic mass is 10.0. The van der Waals surface area contributed by atoms with Gasteiger partial charge in [-0.25, -0.2) is 5.43 Å². The summed E-state index contributed by atoms with van der Waals surface area (Å²) in [5.41, 5.74) is 5.68. The lowest BCUT2D eigenvalue weighted by Gasteiger charge is -2.15. The van der Waals surface area contributed by atoms with Gasteiger partial charge in [-0.15, -0.1) is 0 Å². The molecule has 1 atom stereocenters. The molecule has 1 saturated carbocycles. The van der Waals surface area contributed by atoms with Crippen LogP contribution in [0, 0.1) is 23.7 Å². The lowest BCUT2D eigenvalue weighted by molar-refractivity contribution is 0.355. The average Bonchev–Trinajstić information content (AvgIpc) is 2.70. The Morgan fingerprint density at radius 3 is 2.35 bits per heavy atom. The molecule has 2 aromatic rings. The van der Waals surface area contributed by atoms with E-state index in [1.165, 1.54) is 5.56 Å². The van der Waals surface area contributed by atoms with E-state index in [0.717, 1.165) is 16.7 Å². The molecule has 1 aliphatic carbocycles. The SMILES string of the molecule is Cc1ccc2oc(C(NN)C3C(C)(C)C3(C)C)cc2c1. The van der Waals surface area contributed by atoms with Gasteiger partial charge < -0.3 is 4.42 Å². The van der Waals surface area contributed by atoms with Crippen LogP contribution in [0.4, 0.5) is 0 Å². The molecule has 0 amide bonds. The molecular formula is C17H24N2O. The van der Waals surface area contributed by atoms with E-state index in [0.29, 0.717) is 5.92 Å². The zero-order chi connectivity index (χ0) is 14.7. The van der Waals surface area contributed by atoms with Crippen molar-refractivity contribution in [3.63, 3.8) is 0 Å². The van der Waals surface area contributed by atoms with E-state index in [-0.39, 0.29) is 16.9 Å². The van der Waals surface area contributed by atoms with Gasteiger partial charge in [0, 0.05) is 5.39 Å². The molecule has 3 heteroatoms. The van der Waals surface area contributed by atoms with E-state index >= 15 is 0 Å². The Balaban J connectivity index is 2.01. The van der Waals surface area contributed by atoms with Crippen LogP contribution in [-0.2, 0) is 0 Å². The number of nitrogens with two attached hydrogens (primary N) is 1. The molecule has 0 radical (unpaired) electrons. The average molecular weight is 272 g/mol. The summed E-state index contributed by atoms with van der Waals surface area (Å²) in [5.74, 6) is 7.24. The minimum Gasteiger partial charge on any atom is -0.459 e. The van der Waals surface area contributed by atoms with Gasteiger partial charge in [0.1, 0.15) is 11.3 Å². The lowest BCUT2D eigenvalue weighted by Crippen LogP contribution is -2.31. The topological polar surface area (TPSA) is 51.2 Å². The minimum atomic E-state index is 0.0627. The van der Waals surface area contributed by atoms with E-state index in [9.17, 15) is 0 Å². The molecular weight excluding hydrogens is 248 g/mol. The molecule has 0 spiro atoms. The highest BCUT2D eigenvalue weighted by atomic mass is 16.3. The molecule has 1 unspecified atom stereocenters. The van der Waals surface area contributed by atoms with Crippen LogP contribution in [0.5, 0.6) is 0 Å². The normalized spacial score (nSPS) is 22.1. The molecule has 1 aromatic carbocycles. The highest BCUT2D eigenvalue weighted by molar-refractivity contribution is 5.78. The first-order chi connectivity index (χ1) is 9.29. The minimum absolute atomic E-state index is 0.0627. The van der Waals surface area contributed by atoms with Crippen LogP contribution >= 0.6 is 0 Å². The number of hydrogen-bond acceptors (Lipinski definition) is 3. The highest BCUT2D eigenvalue weighted by Gasteiger charge is 2.67. The van der Waals surface area contributed by atoms with Gasteiger partial charge in [0.05, 0.1) is 6.04 Å². The number of benzene rings is 1. The van der Waals surface area contributed by atoms with E-state index in [2.05, 4.69) is 58.2 Å². The van der Waals surface area contributed by atoms with Crippen molar-refractivity contribution in [2.45, 2.75) is 40.7 Å². The van der Waals surface area contributed by atoms with Crippen molar-refractivity contribution >= 4 is 11.0 Å². The van der Waals surface area contributed by atoms with Crippen molar-refractivity contribution in [2.24, 2.45) is 22.6 Å². The van der Waals surface area contributed by atoms with E-state index in [1.54, 1.807) is 0 Å². The first-order valence-corrected chi connectivity index (χ1v) is 7.25. The number of aryl methyl sites for hydroxylation is 1. The Kier molecular flexibility index (Phi) is 2.79. The summed E-state index contributed by atoms with van der Waals surface area (Å²) < 4.78 is 6.02. The van der Waals surface area contributed by atoms with Gasteiger partial charge in [0.2, 0.25) is 0 Å². The molecule has 20 heavy (non-hydrogen) atoms. The van der Waals surface area contributed by atoms with E-state index < -0.39 is 0 Å². The Morgan fingerprint density at radius 1 is 1.15 bits per heavy atom. The molecule has 0 aliphatic heterocycles. The van der Waals surface area contributed by atoms with Crippen molar-refractivity contribution in [3.05, 3.63) is 35.6 Å². The summed E-state index contributed by atoms with van der Waals surface area (Å²) in [6.45, 7) is 11.3. The zero-order valence-corrected chi connectivity index (χ0v) is 12.9. The molecule has 108 valence electrons. The van der Waals surface area contributed by atoms with Gasteiger partial charge in [-0.1, -0.05) is 39.3 Å². The Hall–Kier alpha value is -1.32. The van der Waals surface area contributed by atoms with Crippen LogP contribution in [0.15, 0.2) is 28.7 Å². The standard InChI is InChI=1S/C17H24N2O/c1-10-6-7-12-11(8-10)9-13(20-12)14(19-18)15-16(2,3)17(15,4)5/h6-9,14-15,19H,18H2,1-5H3. The first kappa shape index (κ1) is 13.7. The van der Waals surface area contributed by atoms with Crippen LogP contribution in [0.3, 0.4) is 0 Å². The largest absolute Gasteiger partial charge is 0.459 e. The summed E-state index contributed by atoms with van der Waals surface area (Å²) in [7, 11) is 0. The quantitative estimate of drug-likeness (QED) is 0.657. The second-order valence-electron chi connectivity index (χ2n) is 7.26. The number of furan rings is 1. The summed E-state index contributed by atoms with van der Waals surface area (Å²) in [6.07, 6.45) is 0. The van der Waals surface area contributed by atoms with Crippen LogP contribution in [0.2, 0.25) is 0 Å². The fourth-order valence-corrected chi connectivity index (χ4v) is 3.76. The van der Waals surface area contributed by atoms with Crippen LogP contribution in [0.1, 0.15) is 45.1 Å². The molecule has 1 fully saturated rings. The van der Waals surface area contributed by atoms with Crippen molar-refractivity contribution in [3.8, 4) is 0 Å². The van der Waals surface area contributed by atoms with Crippen LogP contribution < -0.4 is 11.3 Å². The molecule has 1 aliphatic rings. The van der Waals surface area contributed by atoms with E-state index in [4.69, 9.17) is 10.3 Å². The number of nitrogens with one attached hydrogen (secondary N) is 1. The maximum absolute atomic E-state index is 6.02. The molecule has 3 rings (SSSR count). The molecule has 3 nitrogen and oxygen atoms in total. The Morgan fingerprint density at radius 2 is 1.80 bits per heavy atom. The summed E-state index contributed by atoms with van der Waals surface area (Å²) >= 11 is 0. The maximum atomic E-state index is 6.02. The number of rotatable bonds is 3. The summed E-state index contributed by atoms with van der Waals surface area (Å²) in [6, 6.07) is 8.44. The van der Waals surface area contributed by atoms with Gasteiger partial charge in [0.25, 0.3) is 0 Å². The third-order valence-electron chi connectivity index (χ3n) is 5.64. The van der Waals surface area contributed by atoms with Crippen LogP contribution in [-0.4, -0.2) is 0 Å². The number of hydrogen-bond donors (Lipinski definition) is 2. The molecule has 1 aromatic heterocycles. The first-order valence-electron chi connectivity index (χ1n) is 7.25. The molecule has 1 heterocycles. The van der Waals surface area contributed by atoms with Crippen LogP contribution in [0.25, 0.3) is 11.0 Å². The second kappa shape index (κ2) is 4.09. The fourth-order valence-electron chi connectivity index (χ4n) is 3.76. The third kappa shape index (κ3) is 1.73.